The van der Waals surface area contributed by atoms with Crippen molar-refractivity contribution in [2.45, 2.75) is 18.2 Å². The lowest BCUT2D eigenvalue weighted by atomic mass is 10.0. The maximum Gasteiger partial charge on any atom is 0.310 e. The van der Waals surface area contributed by atoms with E-state index in [0.717, 1.165) is 18.2 Å². The van der Waals surface area contributed by atoms with Crippen molar-refractivity contribution in [3.8, 4) is 11.5 Å². The van der Waals surface area contributed by atoms with Gasteiger partial charge in [0.1, 0.15) is 4.90 Å². The predicted octanol–water partition coefficient (Wildman–Crippen LogP) is 6.83. The Morgan fingerprint density at radius 3 is 2.30 bits per heavy atom. The van der Waals surface area contributed by atoms with Crippen molar-refractivity contribution >= 4 is 27.9 Å². The molecule has 0 heterocycles. The maximum atomic E-state index is 12.7. The Bertz CT molecular complexity index is 1000. The third kappa shape index (κ3) is 6.24. The first-order valence-electron chi connectivity index (χ1n) is 8.57. The molecule has 2 N–H and O–H groups in total. The molecule has 30 heavy (non-hydrogen) atoms. The van der Waals surface area contributed by atoms with E-state index in [1.54, 1.807) is 6.07 Å². The number of phenols is 1. The van der Waals surface area contributed by atoms with Gasteiger partial charge in [-0.2, -0.15) is 0 Å². The molecule has 0 spiro atoms. The van der Waals surface area contributed by atoms with E-state index >= 15 is 0 Å². The van der Waals surface area contributed by atoms with E-state index < -0.39 is 21.0 Å². The lowest BCUT2D eigenvalue weighted by Gasteiger charge is -2.40. The van der Waals surface area contributed by atoms with Crippen LogP contribution in [0.3, 0.4) is 0 Å². The van der Waals surface area contributed by atoms with Gasteiger partial charge in [0.2, 0.25) is 5.91 Å². The van der Waals surface area contributed by atoms with Gasteiger partial charge in [-0.1, -0.05) is 31.6 Å². The summed E-state index contributed by atoms with van der Waals surface area (Å²) in [7, 11) is -8.38. The van der Waals surface area contributed by atoms with E-state index in [2.05, 4.69) is 5.32 Å². The molecule has 164 valence electrons. The number of carbonyl (C=O) groups excluding carboxylic acids is 1. The zero-order valence-corrected chi connectivity index (χ0v) is 16.9. The highest BCUT2D eigenvalue weighted by Crippen LogP contribution is 3.02. The van der Waals surface area contributed by atoms with Gasteiger partial charge in [0, 0.05) is 17.3 Å². The van der Waals surface area contributed by atoms with Crippen molar-refractivity contribution in [2.24, 2.45) is 0 Å². The van der Waals surface area contributed by atoms with Gasteiger partial charge in [0.25, 0.3) is 0 Å². The lowest BCUT2D eigenvalue weighted by molar-refractivity contribution is -0.111. The largest absolute Gasteiger partial charge is 0.504 e. The summed E-state index contributed by atoms with van der Waals surface area (Å²) in [5.74, 6) is -0.498. The standard InChI is InChI=1S/C20H20F5NO3S/c1-3-4-5-15-12-14(13-18(29-2)20(15)28)6-11-19(27)26-16-7-9-17(10-8-16)30(21,22,23,24)25/h3-4,6-13,28H,5H2,1-2H3,(H,26,27)/b4-3+,11-6+. The first-order valence-corrected chi connectivity index (χ1v) is 10.5. The number of amides is 1. The van der Waals surface area contributed by atoms with Crippen LogP contribution in [0.2, 0.25) is 0 Å². The molecular weight excluding hydrogens is 429 g/mol. The van der Waals surface area contributed by atoms with Gasteiger partial charge in [-0.25, -0.2) is 0 Å². The fraction of sp³-hybridized carbons (Fsp3) is 0.150. The van der Waals surface area contributed by atoms with E-state index in [4.69, 9.17) is 4.74 Å². The van der Waals surface area contributed by atoms with Crippen LogP contribution in [0, 0.1) is 0 Å². The highest BCUT2D eigenvalue weighted by Gasteiger charge is 2.65. The molecule has 0 atom stereocenters. The molecule has 0 aromatic heterocycles. The molecule has 2 aromatic carbocycles. The molecule has 0 radical (unpaired) electrons. The van der Waals surface area contributed by atoms with Gasteiger partial charge < -0.3 is 15.2 Å². The molecule has 0 saturated heterocycles. The van der Waals surface area contributed by atoms with Gasteiger partial charge in [0.15, 0.2) is 11.5 Å². The first-order chi connectivity index (χ1) is 13.7. The number of methoxy groups -OCH3 is 1. The molecule has 4 nitrogen and oxygen atoms in total. The summed E-state index contributed by atoms with van der Waals surface area (Å²) < 4.78 is 68.7. The molecule has 1 amide bonds. The number of phenolic OH excluding ortho intramolecular Hbond substituents is 1. The van der Waals surface area contributed by atoms with Crippen molar-refractivity contribution in [1.29, 1.82) is 0 Å². The number of nitrogens with one attached hydrogen (secondary N) is 1. The highest BCUT2D eigenvalue weighted by atomic mass is 32.5. The summed E-state index contributed by atoms with van der Waals surface area (Å²) in [5.41, 5.74) is 1.03. The number of benzene rings is 2. The van der Waals surface area contributed by atoms with Crippen molar-refractivity contribution in [3.05, 3.63) is 65.8 Å². The molecule has 10 heteroatoms. The minimum atomic E-state index is -9.76. The van der Waals surface area contributed by atoms with Crippen LogP contribution in [0.4, 0.5) is 25.1 Å². The van der Waals surface area contributed by atoms with Crippen molar-refractivity contribution in [1.82, 2.24) is 0 Å². The summed E-state index contributed by atoms with van der Waals surface area (Å²) in [5, 5.41) is 12.4. The van der Waals surface area contributed by atoms with E-state index in [1.165, 1.54) is 19.3 Å². The number of ether oxygens (including phenoxy) is 1. The third-order valence-electron chi connectivity index (χ3n) is 3.96. The average molecular weight is 449 g/mol. The molecule has 0 saturated carbocycles. The van der Waals surface area contributed by atoms with E-state index in [1.807, 2.05) is 19.1 Å². The third-order valence-corrected chi connectivity index (χ3v) is 5.13. The van der Waals surface area contributed by atoms with Crippen molar-refractivity contribution < 1.29 is 34.1 Å². The summed E-state index contributed by atoms with van der Waals surface area (Å²) in [6, 6.07) is 5.08. The molecule has 0 unspecified atom stereocenters. The monoisotopic (exact) mass is 449 g/mol. The average Bonchev–Trinajstić information content (AvgIpc) is 2.64. The molecule has 0 bridgehead atoms. The summed E-state index contributed by atoms with van der Waals surface area (Å²) in [6.45, 7) is 1.83. The molecular formula is C20H20F5NO3S. The lowest BCUT2D eigenvalue weighted by Crippen LogP contribution is -2.09. The number of rotatable bonds is 7. The predicted molar refractivity (Wildman–Crippen MR) is 109 cm³/mol. The first kappa shape index (κ1) is 23.3. The Labute approximate surface area is 170 Å². The van der Waals surface area contributed by atoms with Crippen molar-refractivity contribution in [3.63, 3.8) is 0 Å². The molecule has 0 aliphatic carbocycles. The SMILES string of the molecule is C/C=C/Cc1cc(/C=C/C(=O)Nc2ccc(S(F)(F)(F)(F)F)cc2)cc(OC)c1O. The maximum absolute atomic E-state index is 12.7. The summed E-state index contributed by atoms with van der Waals surface area (Å²) >= 11 is 0. The Balaban J connectivity index is 2.17. The zero-order chi connectivity index (χ0) is 22.6. The fourth-order valence-electron chi connectivity index (χ4n) is 2.49. The van der Waals surface area contributed by atoms with Crippen LogP contribution in [0.1, 0.15) is 18.1 Å². The van der Waals surface area contributed by atoms with Crippen LogP contribution in [0.25, 0.3) is 6.08 Å². The Hall–Kier alpha value is -3.01. The molecule has 0 aliphatic heterocycles. The molecule has 2 aromatic rings. The Morgan fingerprint density at radius 2 is 1.77 bits per heavy atom. The van der Waals surface area contributed by atoms with Crippen LogP contribution >= 0.6 is 10.2 Å². The quantitative estimate of drug-likeness (QED) is 0.277. The normalized spacial score (nSPS) is 14.5. The van der Waals surface area contributed by atoms with Crippen LogP contribution in [-0.2, 0) is 11.2 Å². The highest BCUT2D eigenvalue weighted by molar-refractivity contribution is 8.45. The van der Waals surface area contributed by atoms with Crippen LogP contribution in [-0.4, -0.2) is 18.1 Å². The fourth-order valence-corrected chi connectivity index (χ4v) is 3.14. The van der Waals surface area contributed by atoms with Gasteiger partial charge in [0.05, 0.1) is 7.11 Å². The van der Waals surface area contributed by atoms with Crippen molar-refractivity contribution in [2.75, 3.05) is 12.4 Å². The number of carbonyl (C=O) groups is 1. The Morgan fingerprint density at radius 1 is 1.13 bits per heavy atom. The van der Waals surface area contributed by atoms with Crippen LogP contribution < -0.4 is 10.1 Å². The van der Waals surface area contributed by atoms with Gasteiger partial charge in [-0.3, -0.25) is 4.79 Å². The van der Waals surface area contributed by atoms with Gasteiger partial charge in [-0.05, 0) is 61.4 Å². The number of allylic oxidation sites excluding steroid dienone is 2. The molecule has 2 rings (SSSR count). The number of aromatic hydroxyl groups is 1. The summed E-state index contributed by atoms with van der Waals surface area (Å²) in [6.07, 6.45) is 6.60. The number of halogens is 5. The van der Waals surface area contributed by atoms with E-state index in [9.17, 15) is 29.3 Å². The Kier molecular flexibility index (Phi) is 5.95. The van der Waals surface area contributed by atoms with E-state index in [0.29, 0.717) is 17.5 Å². The van der Waals surface area contributed by atoms with Crippen LogP contribution in [0.15, 0.2) is 59.5 Å². The second-order valence-electron chi connectivity index (χ2n) is 6.32. The smallest absolute Gasteiger partial charge is 0.310 e. The minimum absolute atomic E-state index is 0.0266. The second kappa shape index (κ2) is 7.67. The number of hydrogen-bond donors (Lipinski definition) is 2. The van der Waals surface area contributed by atoms with E-state index in [-0.39, 0.29) is 29.3 Å². The minimum Gasteiger partial charge on any atom is -0.504 e. The van der Waals surface area contributed by atoms with Gasteiger partial charge >= 0.3 is 10.2 Å². The topological polar surface area (TPSA) is 58.6 Å². The number of anilines is 1. The molecule has 0 aliphatic rings. The van der Waals surface area contributed by atoms with Crippen LogP contribution in [0.5, 0.6) is 11.5 Å². The zero-order valence-electron chi connectivity index (χ0n) is 16.0. The van der Waals surface area contributed by atoms with Gasteiger partial charge in [-0.15, -0.1) is 0 Å². The number of hydrogen-bond acceptors (Lipinski definition) is 3. The molecule has 0 fully saturated rings. The summed E-state index contributed by atoms with van der Waals surface area (Å²) in [4.78, 5) is 9.99. The second-order valence-corrected chi connectivity index (χ2v) is 8.73.